The first-order valence-corrected chi connectivity index (χ1v) is 14.4. The van der Waals surface area contributed by atoms with E-state index >= 15 is 0 Å². The van der Waals surface area contributed by atoms with Gasteiger partial charge in [-0.1, -0.05) is 23.8 Å². The first-order chi connectivity index (χ1) is 14.1. The van der Waals surface area contributed by atoms with Crippen LogP contribution in [0.15, 0.2) is 18.2 Å². The van der Waals surface area contributed by atoms with Gasteiger partial charge in [0.2, 0.25) is 20.0 Å². The van der Waals surface area contributed by atoms with Gasteiger partial charge in [-0.25, -0.2) is 21.6 Å². The maximum Gasteiger partial charge on any atom is 0.214 e. The maximum absolute atomic E-state index is 13.2. The van der Waals surface area contributed by atoms with Gasteiger partial charge in [-0.15, -0.1) is 0 Å². The molecule has 1 aromatic carbocycles. The molecular weight excluding hydrogens is 422 g/mol. The van der Waals surface area contributed by atoms with Crippen LogP contribution in [0.2, 0.25) is 0 Å². The fourth-order valence-corrected chi connectivity index (χ4v) is 7.83. The van der Waals surface area contributed by atoms with E-state index < -0.39 is 20.0 Å². The molecule has 30 heavy (non-hydrogen) atoms. The lowest BCUT2D eigenvalue weighted by Gasteiger charge is -2.51. The van der Waals surface area contributed by atoms with E-state index in [0.29, 0.717) is 18.9 Å². The fraction of sp³-hybridized carbons (Fsp3) is 0.714. The summed E-state index contributed by atoms with van der Waals surface area (Å²) in [5.74, 6) is 0.369. The first-order valence-electron chi connectivity index (χ1n) is 10.9. The number of fused-ring (bicyclic) bond motifs is 4. The summed E-state index contributed by atoms with van der Waals surface area (Å²) in [4.78, 5) is 2.56. The van der Waals surface area contributed by atoms with Crippen molar-refractivity contribution in [3.8, 4) is 0 Å². The van der Waals surface area contributed by atoms with Crippen LogP contribution >= 0.6 is 0 Å². The normalized spacial score (nSPS) is 27.9. The topological polar surface area (TPSA) is 86.8 Å². The Morgan fingerprint density at radius 3 is 2.73 bits per heavy atom. The highest BCUT2D eigenvalue weighted by Crippen LogP contribution is 2.43. The Balaban J connectivity index is 1.50. The quantitative estimate of drug-likeness (QED) is 0.659. The zero-order chi connectivity index (χ0) is 21.5. The van der Waals surface area contributed by atoms with Crippen molar-refractivity contribution >= 4 is 20.0 Å². The predicted molar refractivity (Wildman–Crippen MR) is 118 cm³/mol. The maximum atomic E-state index is 13.2. The highest BCUT2D eigenvalue weighted by molar-refractivity contribution is 7.89. The molecule has 9 heteroatoms. The molecule has 4 rings (SSSR count). The SMILES string of the molecule is Cc1ccc2c(c1)[C@@H]1C[C@@H]3[C@@H](CCCN3S(=O)(=O)CCCNS(C)(=O)=O)CN1CC2. The van der Waals surface area contributed by atoms with Gasteiger partial charge >= 0.3 is 0 Å². The molecule has 3 atom stereocenters. The summed E-state index contributed by atoms with van der Waals surface area (Å²) < 4.78 is 52.9. The lowest BCUT2D eigenvalue weighted by molar-refractivity contribution is 0.0220. The van der Waals surface area contributed by atoms with Crippen LogP contribution in [0, 0.1) is 12.8 Å². The molecule has 2 fully saturated rings. The van der Waals surface area contributed by atoms with Gasteiger partial charge in [0.15, 0.2) is 0 Å². The van der Waals surface area contributed by atoms with Crippen molar-refractivity contribution in [2.45, 2.75) is 51.1 Å². The van der Waals surface area contributed by atoms with Crippen LogP contribution in [0.4, 0.5) is 0 Å². The molecule has 3 aliphatic rings. The van der Waals surface area contributed by atoms with Crippen LogP contribution in [0.1, 0.15) is 48.4 Å². The molecule has 7 nitrogen and oxygen atoms in total. The van der Waals surface area contributed by atoms with Crippen LogP contribution in [0.5, 0.6) is 0 Å². The Hall–Kier alpha value is -1.00. The lowest BCUT2D eigenvalue weighted by atomic mass is 9.77. The van der Waals surface area contributed by atoms with Crippen LogP contribution in [-0.4, -0.2) is 70.3 Å². The second-order valence-electron chi connectivity index (χ2n) is 9.12. The molecule has 0 radical (unpaired) electrons. The number of sulfonamides is 2. The van der Waals surface area contributed by atoms with Crippen LogP contribution in [-0.2, 0) is 26.5 Å². The number of rotatable bonds is 6. The number of hydrogen-bond donors (Lipinski definition) is 1. The molecule has 1 aromatic rings. The van der Waals surface area contributed by atoms with E-state index in [1.54, 1.807) is 4.31 Å². The molecule has 0 amide bonds. The number of nitrogens with zero attached hydrogens (tertiary/aromatic N) is 2. The van der Waals surface area contributed by atoms with Gasteiger partial charge in [0, 0.05) is 38.3 Å². The molecule has 1 N–H and O–H groups in total. The molecule has 0 saturated carbocycles. The number of benzene rings is 1. The summed E-state index contributed by atoms with van der Waals surface area (Å²) in [5, 5.41) is 0. The second kappa shape index (κ2) is 8.50. The number of piperidine rings is 2. The Kier molecular flexibility index (Phi) is 6.29. The molecule has 0 unspecified atom stereocenters. The standard InChI is InChI=1S/C21H33N3O4S2/c1-16-6-7-17-8-11-23-15-18-5-3-10-24(20(18)14-21(23)19(17)13-16)30(27,28)12-4-9-22-29(2,25)26/h6-7,13,18,20-22H,3-5,8-12,14-15H2,1-2H3/t18-,20+,21-/m0/s1. The van der Waals surface area contributed by atoms with E-state index in [4.69, 9.17) is 0 Å². The van der Waals surface area contributed by atoms with Crippen molar-refractivity contribution < 1.29 is 16.8 Å². The van der Waals surface area contributed by atoms with Crippen molar-refractivity contribution in [3.05, 3.63) is 34.9 Å². The molecule has 0 spiro atoms. The molecule has 2 saturated heterocycles. The van der Waals surface area contributed by atoms with Crippen LogP contribution < -0.4 is 4.72 Å². The van der Waals surface area contributed by atoms with Gasteiger partial charge in [-0.2, -0.15) is 4.31 Å². The Labute approximate surface area is 180 Å². The van der Waals surface area contributed by atoms with Gasteiger partial charge in [0.05, 0.1) is 12.0 Å². The summed E-state index contributed by atoms with van der Waals surface area (Å²) in [5.41, 5.74) is 4.03. The Morgan fingerprint density at radius 2 is 1.97 bits per heavy atom. The van der Waals surface area contributed by atoms with E-state index in [0.717, 1.165) is 45.0 Å². The van der Waals surface area contributed by atoms with Gasteiger partial charge in [0.25, 0.3) is 0 Å². The molecule has 0 aliphatic carbocycles. The number of aryl methyl sites for hydroxylation is 1. The van der Waals surface area contributed by atoms with Crippen LogP contribution in [0.3, 0.4) is 0 Å². The van der Waals surface area contributed by atoms with Gasteiger partial charge in [-0.3, -0.25) is 4.90 Å². The Bertz CT molecular complexity index is 994. The highest BCUT2D eigenvalue weighted by Gasteiger charge is 2.45. The van der Waals surface area contributed by atoms with E-state index in [2.05, 4.69) is 34.7 Å². The molecule has 3 aliphatic heterocycles. The molecule has 0 aromatic heterocycles. The van der Waals surface area contributed by atoms with Crippen molar-refractivity contribution in [1.29, 1.82) is 0 Å². The minimum absolute atomic E-state index is 0.0111. The Morgan fingerprint density at radius 1 is 1.17 bits per heavy atom. The summed E-state index contributed by atoms with van der Waals surface area (Å²) in [6, 6.07) is 7.02. The van der Waals surface area contributed by atoms with E-state index in [-0.39, 0.29) is 24.4 Å². The minimum atomic E-state index is -3.41. The fourth-order valence-electron chi connectivity index (χ4n) is 5.49. The van der Waals surface area contributed by atoms with Crippen LogP contribution in [0.25, 0.3) is 0 Å². The number of hydrogen-bond acceptors (Lipinski definition) is 5. The highest BCUT2D eigenvalue weighted by atomic mass is 32.2. The molecule has 0 bridgehead atoms. The average molecular weight is 456 g/mol. The van der Waals surface area contributed by atoms with Gasteiger partial charge in [-0.05, 0) is 56.1 Å². The number of nitrogens with one attached hydrogen (secondary N) is 1. The van der Waals surface area contributed by atoms with Crippen molar-refractivity contribution in [2.75, 3.05) is 38.2 Å². The van der Waals surface area contributed by atoms with E-state index in [1.165, 1.54) is 16.7 Å². The van der Waals surface area contributed by atoms with Gasteiger partial charge < -0.3 is 0 Å². The summed E-state index contributed by atoms with van der Waals surface area (Å²) in [6.45, 7) is 4.87. The molecule has 168 valence electrons. The third-order valence-electron chi connectivity index (χ3n) is 6.87. The average Bonchev–Trinajstić information content (AvgIpc) is 2.68. The summed E-state index contributed by atoms with van der Waals surface area (Å²) >= 11 is 0. The zero-order valence-corrected chi connectivity index (χ0v) is 19.5. The monoisotopic (exact) mass is 455 g/mol. The minimum Gasteiger partial charge on any atom is -0.296 e. The lowest BCUT2D eigenvalue weighted by Crippen LogP contribution is -2.57. The zero-order valence-electron chi connectivity index (χ0n) is 17.9. The first kappa shape index (κ1) is 22.2. The third-order valence-corrected chi connectivity index (χ3v) is 9.57. The van der Waals surface area contributed by atoms with Crippen molar-refractivity contribution in [1.82, 2.24) is 13.9 Å². The van der Waals surface area contributed by atoms with E-state index in [9.17, 15) is 16.8 Å². The predicted octanol–water partition coefficient (Wildman–Crippen LogP) is 1.65. The van der Waals surface area contributed by atoms with E-state index in [1.807, 2.05) is 0 Å². The third kappa shape index (κ3) is 4.75. The second-order valence-corrected chi connectivity index (χ2v) is 13.0. The molecular formula is C21H33N3O4S2. The summed E-state index contributed by atoms with van der Waals surface area (Å²) in [7, 11) is -6.71. The largest absolute Gasteiger partial charge is 0.296 e. The van der Waals surface area contributed by atoms with Crippen molar-refractivity contribution in [3.63, 3.8) is 0 Å². The smallest absolute Gasteiger partial charge is 0.214 e. The van der Waals surface area contributed by atoms with Crippen molar-refractivity contribution in [2.24, 2.45) is 5.92 Å². The van der Waals surface area contributed by atoms with Gasteiger partial charge in [0.1, 0.15) is 0 Å². The summed E-state index contributed by atoms with van der Waals surface area (Å²) in [6.07, 6.45) is 5.28. The molecule has 3 heterocycles.